The van der Waals surface area contributed by atoms with Crippen LogP contribution in [0, 0.1) is 11.8 Å². The molecule has 1 fully saturated rings. The van der Waals surface area contributed by atoms with Crippen LogP contribution in [0.5, 0.6) is 0 Å². The summed E-state index contributed by atoms with van der Waals surface area (Å²) in [6.45, 7) is 0.653. The number of rotatable bonds is 2. The maximum absolute atomic E-state index is 12.4. The molecule has 2 nitrogen and oxygen atoms in total. The predicted octanol–water partition coefficient (Wildman–Crippen LogP) is 3.81. The molecule has 0 atom stereocenters. The number of nitrogen functional groups attached to an aromatic ring is 1. The number of halogens is 3. The van der Waals surface area contributed by atoms with Gasteiger partial charge in [-0.3, -0.25) is 0 Å². The molecule has 19 heavy (non-hydrogen) atoms. The molecule has 1 heterocycles. The number of nitrogens with zero attached hydrogens (tertiary/aromatic N) is 1. The van der Waals surface area contributed by atoms with Crippen molar-refractivity contribution in [1.82, 2.24) is 4.57 Å². The Hall–Kier alpha value is -1.65. The molecule has 0 saturated heterocycles. The van der Waals surface area contributed by atoms with E-state index in [2.05, 4.69) is 0 Å². The number of aromatic nitrogens is 1. The summed E-state index contributed by atoms with van der Waals surface area (Å²) in [6, 6.07) is 7.57. The number of alkyl halides is 3. The molecule has 0 radical (unpaired) electrons. The highest BCUT2D eigenvalue weighted by Crippen LogP contribution is 2.45. The molecular weight excluding hydrogens is 253 g/mol. The van der Waals surface area contributed by atoms with E-state index in [4.69, 9.17) is 5.73 Å². The van der Waals surface area contributed by atoms with Gasteiger partial charge in [-0.2, -0.15) is 13.2 Å². The first-order chi connectivity index (χ1) is 8.93. The molecule has 0 unspecified atom stereocenters. The van der Waals surface area contributed by atoms with Gasteiger partial charge < -0.3 is 10.3 Å². The monoisotopic (exact) mass is 268 g/mol. The van der Waals surface area contributed by atoms with Crippen molar-refractivity contribution >= 4 is 16.6 Å². The fraction of sp³-hybridized carbons (Fsp3) is 0.429. The predicted molar refractivity (Wildman–Crippen MR) is 68.6 cm³/mol. The fourth-order valence-corrected chi connectivity index (χ4v) is 2.81. The Kier molecular flexibility index (Phi) is 2.73. The van der Waals surface area contributed by atoms with Gasteiger partial charge in [-0.05, 0) is 43.0 Å². The minimum absolute atomic E-state index is 0.125. The zero-order valence-electron chi connectivity index (χ0n) is 10.3. The van der Waals surface area contributed by atoms with E-state index >= 15 is 0 Å². The molecule has 0 aliphatic heterocycles. The van der Waals surface area contributed by atoms with Crippen LogP contribution in [0.4, 0.5) is 18.9 Å². The first kappa shape index (κ1) is 12.4. The Bertz CT molecular complexity index is 594. The molecule has 2 aromatic rings. The van der Waals surface area contributed by atoms with Crippen LogP contribution in [-0.4, -0.2) is 10.7 Å². The summed E-state index contributed by atoms with van der Waals surface area (Å²) in [6.07, 6.45) is -1.61. The Morgan fingerprint density at radius 2 is 1.95 bits per heavy atom. The van der Waals surface area contributed by atoms with E-state index in [-0.39, 0.29) is 18.8 Å². The molecule has 2 N–H and O–H groups in total. The first-order valence-electron chi connectivity index (χ1n) is 6.34. The zero-order chi connectivity index (χ0) is 13.6. The van der Waals surface area contributed by atoms with Crippen LogP contribution in [0.3, 0.4) is 0 Å². The second-order valence-electron chi connectivity index (χ2n) is 5.36. The second-order valence-corrected chi connectivity index (χ2v) is 5.36. The van der Waals surface area contributed by atoms with Gasteiger partial charge >= 0.3 is 6.18 Å². The average molecular weight is 268 g/mol. The highest BCUT2D eigenvalue weighted by atomic mass is 19.4. The molecule has 1 aromatic heterocycles. The summed E-state index contributed by atoms with van der Waals surface area (Å²) in [7, 11) is 0. The molecular formula is C14H15F3N2. The van der Waals surface area contributed by atoms with E-state index in [0.717, 1.165) is 10.9 Å². The number of nitrogens with two attached hydrogens (primary N) is 1. The number of anilines is 1. The van der Waals surface area contributed by atoms with Gasteiger partial charge in [0.25, 0.3) is 0 Å². The van der Waals surface area contributed by atoms with Gasteiger partial charge in [-0.15, -0.1) is 0 Å². The quantitative estimate of drug-likeness (QED) is 0.825. The summed E-state index contributed by atoms with van der Waals surface area (Å²) in [5, 5.41) is 1.03. The highest BCUT2D eigenvalue weighted by molar-refractivity contribution is 5.83. The molecule has 1 aliphatic rings. The minimum Gasteiger partial charge on any atom is -0.399 e. The molecule has 1 aromatic carbocycles. The van der Waals surface area contributed by atoms with E-state index in [1.807, 2.05) is 35.0 Å². The Labute approximate surface area is 109 Å². The van der Waals surface area contributed by atoms with Crippen LogP contribution in [0.1, 0.15) is 12.8 Å². The lowest BCUT2D eigenvalue weighted by Crippen LogP contribution is -2.37. The first-order valence-corrected chi connectivity index (χ1v) is 6.34. The number of benzene rings is 1. The van der Waals surface area contributed by atoms with Crippen LogP contribution in [0.25, 0.3) is 10.9 Å². The third kappa shape index (κ3) is 2.29. The number of hydrogen-bond acceptors (Lipinski definition) is 1. The molecule has 102 valence electrons. The summed E-state index contributed by atoms with van der Waals surface area (Å²) < 4.78 is 39.3. The standard InChI is InChI=1S/C14H15F3N2/c15-14(16,17)11-5-9(6-11)8-19-4-3-10-7-12(18)1-2-13(10)19/h1-4,7,9,11H,5-6,8,18H2. The van der Waals surface area contributed by atoms with E-state index in [1.54, 1.807) is 0 Å². The topological polar surface area (TPSA) is 30.9 Å². The molecule has 3 rings (SSSR count). The van der Waals surface area contributed by atoms with Crippen molar-refractivity contribution in [3.05, 3.63) is 30.5 Å². The van der Waals surface area contributed by atoms with Gasteiger partial charge in [-0.1, -0.05) is 0 Å². The number of fused-ring (bicyclic) bond motifs is 1. The van der Waals surface area contributed by atoms with Gasteiger partial charge in [0.15, 0.2) is 0 Å². The summed E-state index contributed by atoms with van der Waals surface area (Å²) in [5.41, 5.74) is 7.44. The molecule has 1 aliphatic carbocycles. The smallest absolute Gasteiger partial charge is 0.391 e. The average Bonchev–Trinajstić information content (AvgIpc) is 2.63. The number of hydrogen-bond donors (Lipinski definition) is 1. The lowest BCUT2D eigenvalue weighted by Gasteiger charge is -2.36. The summed E-state index contributed by atoms with van der Waals surface area (Å²) >= 11 is 0. The Morgan fingerprint density at radius 1 is 1.21 bits per heavy atom. The van der Waals surface area contributed by atoms with Gasteiger partial charge in [-0.25, -0.2) is 0 Å². The molecule has 5 heteroatoms. The van der Waals surface area contributed by atoms with Crippen molar-refractivity contribution < 1.29 is 13.2 Å². The van der Waals surface area contributed by atoms with Crippen molar-refractivity contribution in [1.29, 1.82) is 0 Å². The van der Waals surface area contributed by atoms with Gasteiger partial charge in [0.05, 0.1) is 5.92 Å². The maximum atomic E-state index is 12.4. The lowest BCUT2D eigenvalue weighted by molar-refractivity contribution is -0.205. The maximum Gasteiger partial charge on any atom is 0.391 e. The molecule has 0 spiro atoms. The fourth-order valence-electron chi connectivity index (χ4n) is 2.81. The third-order valence-electron chi connectivity index (χ3n) is 3.95. The van der Waals surface area contributed by atoms with Crippen LogP contribution in [0.15, 0.2) is 30.5 Å². The van der Waals surface area contributed by atoms with Crippen LogP contribution < -0.4 is 5.73 Å². The van der Waals surface area contributed by atoms with E-state index in [1.165, 1.54) is 0 Å². The van der Waals surface area contributed by atoms with Crippen LogP contribution >= 0.6 is 0 Å². The lowest BCUT2D eigenvalue weighted by atomic mass is 9.74. The van der Waals surface area contributed by atoms with Crippen molar-refractivity contribution in [2.45, 2.75) is 25.6 Å². The Morgan fingerprint density at radius 3 is 2.63 bits per heavy atom. The second kappa shape index (κ2) is 4.18. The Balaban J connectivity index is 1.71. The SMILES string of the molecule is Nc1ccc2c(ccn2CC2CC(C(F)(F)F)C2)c1. The summed E-state index contributed by atoms with van der Waals surface area (Å²) in [4.78, 5) is 0. The van der Waals surface area contributed by atoms with Crippen molar-refractivity contribution in [3.63, 3.8) is 0 Å². The van der Waals surface area contributed by atoms with Crippen LogP contribution in [0.2, 0.25) is 0 Å². The minimum atomic E-state index is -4.02. The molecule has 1 saturated carbocycles. The molecule has 0 amide bonds. The van der Waals surface area contributed by atoms with Crippen molar-refractivity contribution in [3.8, 4) is 0 Å². The zero-order valence-corrected chi connectivity index (χ0v) is 10.3. The third-order valence-corrected chi connectivity index (χ3v) is 3.95. The van der Waals surface area contributed by atoms with Gasteiger partial charge in [0.1, 0.15) is 0 Å². The van der Waals surface area contributed by atoms with Crippen LogP contribution in [-0.2, 0) is 6.54 Å². The summed E-state index contributed by atoms with van der Waals surface area (Å²) in [5.74, 6) is -0.977. The largest absolute Gasteiger partial charge is 0.399 e. The van der Waals surface area contributed by atoms with Crippen molar-refractivity contribution in [2.75, 3.05) is 5.73 Å². The van der Waals surface area contributed by atoms with Gasteiger partial charge in [0, 0.05) is 29.3 Å². The van der Waals surface area contributed by atoms with Gasteiger partial charge in [0.2, 0.25) is 0 Å². The highest BCUT2D eigenvalue weighted by Gasteiger charge is 2.47. The molecule has 0 bridgehead atoms. The van der Waals surface area contributed by atoms with Crippen molar-refractivity contribution in [2.24, 2.45) is 11.8 Å². The normalized spacial score (nSPS) is 23.5. The van der Waals surface area contributed by atoms with E-state index in [0.29, 0.717) is 12.2 Å². The van der Waals surface area contributed by atoms with E-state index < -0.39 is 12.1 Å². The van der Waals surface area contributed by atoms with E-state index in [9.17, 15) is 13.2 Å².